The lowest BCUT2D eigenvalue weighted by atomic mass is 10.0. The molecule has 0 atom stereocenters. The van der Waals surface area contributed by atoms with Gasteiger partial charge in [-0.3, -0.25) is 0 Å². The molecular weight excluding hydrogens is 300 g/mol. The molecule has 2 aromatic rings. The van der Waals surface area contributed by atoms with Gasteiger partial charge in [0, 0.05) is 16.1 Å². The topological polar surface area (TPSA) is 0 Å². The maximum absolute atomic E-state index is 13.5. The van der Waals surface area contributed by atoms with E-state index in [0.29, 0.717) is 0 Å². The lowest BCUT2D eigenvalue weighted by Gasteiger charge is -2.07. The summed E-state index contributed by atoms with van der Waals surface area (Å²) in [6, 6.07) is 5.38. The van der Waals surface area contributed by atoms with Gasteiger partial charge in [0.25, 0.3) is 0 Å². The zero-order chi connectivity index (χ0) is 12.6. The van der Waals surface area contributed by atoms with Crippen molar-refractivity contribution >= 4 is 15.9 Å². The summed E-state index contributed by atoms with van der Waals surface area (Å²) in [5, 5.41) is 0. The Morgan fingerprint density at radius 2 is 1.53 bits per heavy atom. The Balaban J connectivity index is 2.72. The van der Waals surface area contributed by atoms with Gasteiger partial charge >= 0.3 is 0 Å². The van der Waals surface area contributed by atoms with Crippen molar-refractivity contribution in [1.82, 2.24) is 0 Å². The first-order valence-electron chi connectivity index (χ1n) is 4.50. The molecule has 2 aromatic carbocycles. The monoisotopic (exact) mass is 303 g/mol. The van der Waals surface area contributed by atoms with Crippen LogP contribution in [0.2, 0.25) is 0 Å². The number of rotatable bonds is 1. The summed E-state index contributed by atoms with van der Waals surface area (Å²) in [5.74, 6) is -3.78. The van der Waals surface area contributed by atoms with Crippen LogP contribution in [0.4, 0.5) is 17.6 Å². The summed E-state index contributed by atoms with van der Waals surface area (Å²) < 4.78 is 53.5. The largest absolute Gasteiger partial charge is 0.207 e. The zero-order valence-corrected chi connectivity index (χ0v) is 9.79. The molecule has 0 fully saturated rings. The summed E-state index contributed by atoms with van der Waals surface area (Å²) in [6.07, 6.45) is 0. The molecule has 0 heterocycles. The van der Waals surface area contributed by atoms with E-state index in [1.807, 2.05) is 6.07 Å². The molecule has 0 aromatic heterocycles. The van der Waals surface area contributed by atoms with E-state index in [1.165, 1.54) is 0 Å². The van der Waals surface area contributed by atoms with Gasteiger partial charge in [0.1, 0.15) is 23.3 Å². The molecule has 1 radical (unpaired) electrons. The van der Waals surface area contributed by atoms with Gasteiger partial charge in [0.15, 0.2) is 0 Å². The Hall–Kier alpha value is -1.36. The minimum Gasteiger partial charge on any atom is -0.207 e. The molecule has 0 nitrogen and oxygen atoms in total. The Kier molecular flexibility index (Phi) is 3.19. The van der Waals surface area contributed by atoms with Crippen LogP contribution in [0.1, 0.15) is 0 Å². The lowest BCUT2D eigenvalue weighted by Crippen LogP contribution is -1.94. The van der Waals surface area contributed by atoms with Gasteiger partial charge in [-0.05, 0) is 24.3 Å². The highest BCUT2D eigenvalue weighted by Crippen LogP contribution is 2.31. The Labute approximate surface area is 103 Å². The van der Waals surface area contributed by atoms with Crippen molar-refractivity contribution in [2.45, 2.75) is 0 Å². The standard InChI is InChI=1S/C12H4BrF4/c13-6-3-10(16)12(11(17)4-6)8-5-7(14)1-2-9(8)15/h1,3-5H. The van der Waals surface area contributed by atoms with Crippen molar-refractivity contribution in [1.29, 1.82) is 0 Å². The number of benzene rings is 2. The summed E-state index contributed by atoms with van der Waals surface area (Å²) in [4.78, 5) is 0. The molecule has 2 rings (SSSR count). The molecule has 0 spiro atoms. The van der Waals surface area contributed by atoms with Crippen LogP contribution < -0.4 is 0 Å². The van der Waals surface area contributed by atoms with Crippen LogP contribution in [0, 0.1) is 29.3 Å². The van der Waals surface area contributed by atoms with Crippen LogP contribution in [-0.4, -0.2) is 0 Å². The van der Waals surface area contributed by atoms with Gasteiger partial charge in [-0.2, -0.15) is 0 Å². The third-order valence-electron chi connectivity index (χ3n) is 2.13. The van der Waals surface area contributed by atoms with Crippen molar-refractivity contribution in [2.75, 3.05) is 0 Å². The van der Waals surface area contributed by atoms with Crippen LogP contribution in [0.5, 0.6) is 0 Å². The summed E-state index contributed by atoms with van der Waals surface area (Å²) in [5.41, 5.74) is -1.10. The van der Waals surface area contributed by atoms with Crippen molar-refractivity contribution in [2.24, 2.45) is 0 Å². The highest BCUT2D eigenvalue weighted by molar-refractivity contribution is 9.10. The van der Waals surface area contributed by atoms with Crippen LogP contribution in [-0.2, 0) is 0 Å². The smallest absolute Gasteiger partial charge is 0.139 e. The van der Waals surface area contributed by atoms with Crippen LogP contribution in [0.25, 0.3) is 11.1 Å². The van der Waals surface area contributed by atoms with E-state index in [4.69, 9.17) is 0 Å². The van der Waals surface area contributed by atoms with E-state index in [-0.39, 0.29) is 4.47 Å². The number of halogens is 5. The lowest BCUT2D eigenvalue weighted by molar-refractivity contribution is 0.575. The highest BCUT2D eigenvalue weighted by Gasteiger charge is 2.17. The average molecular weight is 304 g/mol. The first kappa shape index (κ1) is 12.1. The molecule has 0 N–H and O–H groups in total. The highest BCUT2D eigenvalue weighted by atomic mass is 79.9. The van der Waals surface area contributed by atoms with Crippen molar-refractivity contribution in [3.63, 3.8) is 0 Å². The molecule has 0 aliphatic rings. The fourth-order valence-electron chi connectivity index (χ4n) is 1.43. The first-order valence-corrected chi connectivity index (χ1v) is 5.30. The Bertz CT molecular complexity index is 558. The second-order valence-electron chi connectivity index (χ2n) is 3.29. The molecule has 0 aliphatic carbocycles. The summed E-state index contributed by atoms with van der Waals surface area (Å²) in [6.45, 7) is 0. The maximum Gasteiger partial charge on any atom is 0.139 e. The predicted octanol–water partition coefficient (Wildman–Crippen LogP) is 4.47. The van der Waals surface area contributed by atoms with E-state index < -0.39 is 34.4 Å². The van der Waals surface area contributed by atoms with Gasteiger partial charge in [-0.25, -0.2) is 17.6 Å². The zero-order valence-electron chi connectivity index (χ0n) is 8.20. The van der Waals surface area contributed by atoms with E-state index in [1.54, 1.807) is 0 Å². The fraction of sp³-hybridized carbons (Fsp3) is 0. The SMILES string of the molecule is Fc1c[c]c(F)c(-c2c(F)cc(Br)cc2F)c1. The molecule has 0 saturated carbocycles. The predicted molar refractivity (Wildman–Crippen MR) is 58.2 cm³/mol. The van der Waals surface area contributed by atoms with Crippen molar-refractivity contribution < 1.29 is 17.6 Å². The maximum atomic E-state index is 13.5. The van der Waals surface area contributed by atoms with Gasteiger partial charge < -0.3 is 0 Å². The molecule has 0 saturated heterocycles. The third-order valence-corrected chi connectivity index (χ3v) is 2.59. The van der Waals surface area contributed by atoms with E-state index >= 15 is 0 Å². The minimum absolute atomic E-state index is 0.178. The minimum atomic E-state index is -1.01. The van der Waals surface area contributed by atoms with Crippen LogP contribution >= 0.6 is 15.9 Å². The molecule has 0 bridgehead atoms. The molecular formula is C12H4BrF4. The van der Waals surface area contributed by atoms with E-state index in [9.17, 15) is 17.6 Å². The van der Waals surface area contributed by atoms with Crippen molar-refractivity contribution in [3.8, 4) is 11.1 Å². The van der Waals surface area contributed by atoms with E-state index in [0.717, 1.165) is 24.3 Å². The molecule has 0 unspecified atom stereocenters. The number of hydrogen-bond donors (Lipinski definition) is 0. The van der Waals surface area contributed by atoms with Crippen molar-refractivity contribution in [3.05, 3.63) is 58.1 Å². The van der Waals surface area contributed by atoms with Crippen LogP contribution in [0.3, 0.4) is 0 Å². The fourth-order valence-corrected chi connectivity index (χ4v) is 1.84. The normalized spacial score (nSPS) is 10.6. The molecule has 17 heavy (non-hydrogen) atoms. The second-order valence-corrected chi connectivity index (χ2v) is 4.21. The Morgan fingerprint density at radius 3 is 2.12 bits per heavy atom. The average Bonchev–Trinajstić information content (AvgIpc) is 2.21. The van der Waals surface area contributed by atoms with Gasteiger partial charge in [0.05, 0.1) is 5.56 Å². The quantitative estimate of drug-likeness (QED) is 0.682. The second kappa shape index (κ2) is 4.49. The Morgan fingerprint density at radius 1 is 0.941 bits per heavy atom. The van der Waals surface area contributed by atoms with Crippen LogP contribution in [0.15, 0.2) is 28.7 Å². The van der Waals surface area contributed by atoms with Gasteiger partial charge in [0.2, 0.25) is 0 Å². The van der Waals surface area contributed by atoms with E-state index in [2.05, 4.69) is 15.9 Å². The summed E-state index contributed by atoms with van der Waals surface area (Å²) in [7, 11) is 0. The molecule has 87 valence electrons. The first-order chi connectivity index (χ1) is 7.99. The van der Waals surface area contributed by atoms with Gasteiger partial charge in [-0.15, -0.1) is 0 Å². The molecule has 0 aliphatic heterocycles. The van der Waals surface area contributed by atoms with Gasteiger partial charge in [-0.1, -0.05) is 15.9 Å². The third kappa shape index (κ3) is 2.34. The summed E-state index contributed by atoms with van der Waals surface area (Å²) >= 11 is 2.90. The molecule has 0 amide bonds. The number of hydrogen-bond acceptors (Lipinski definition) is 0. The molecule has 5 heteroatoms.